The number of alkyl halides is 3. The molecule has 0 saturated heterocycles. The molecule has 1 aliphatic carbocycles. The molecule has 1 aromatic carbocycles. The first-order valence-electron chi connectivity index (χ1n) is 6.70. The molecule has 1 amide bonds. The lowest BCUT2D eigenvalue weighted by Crippen LogP contribution is -2.40. The zero-order valence-electron chi connectivity index (χ0n) is 12.2. The summed E-state index contributed by atoms with van der Waals surface area (Å²) < 4.78 is 60.3. The fourth-order valence-corrected chi connectivity index (χ4v) is 3.23. The number of carbonyl (C=O) groups is 1. The van der Waals surface area contributed by atoms with E-state index in [-0.39, 0.29) is 18.1 Å². The number of aliphatic hydroxyl groups is 1. The maximum absolute atomic E-state index is 12.5. The summed E-state index contributed by atoms with van der Waals surface area (Å²) in [5.41, 5.74) is 0.166. The maximum Gasteiger partial charge on any atom is 0.501 e. The Kier molecular flexibility index (Phi) is 6.26. The molecule has 1 aromatic rings. The molecule has 0 aromatic heterocycles. The Morgan fingerprint density at radius 1 is 1.29 bits per heavy atom. The summed E-state index contributed by atoms with van der Waals surface area (Å²) >= 11 is 0. The molecule has 24 heavy (non-hydrogen) atoms. The van der Waals surface area contributed by atoms with E-state index in [4.69, 9.17) is 5.73 Å². The van der Waals surface area contributed by atoms with E-state index in [9.17, 15) is 31.5 Å². The second kappa shape index (κ2) is 7.26. The largest absolute Gasteiger partial charge is 0.501 e. The van der Waals surface area contributed by atoms with Crippen LogP contribution in [-0.4, -0.2) is 37.1 Å². The van der Waals surface area contributed by atoms with Crippen LogP contribution in [0.25, 0.3) is 0 Å². The molecule has 2 unspecified atom stereocenters. The Bertz CT molecular complexity index is 711. The molecule has 11 heteroatoms. The highest BCUT2D eigenvalue weighted by Gasteiger charge is 2.47. The van der Waals surface area contributed by atoms with Crippen molar-refractivity contribution >= 4 is 33.8 Å². The molecular formula is C13H16ClF3N2O4S. The number of aliphatic hydroxyl groups excluding tert-OH is 1. The molecule has 0 heterocycles. The first-order chi connectivity index (χ1) is 10.5. The minimum Gasteiger partial charge on any atom is -0.391 e. The van der Waals surface area contributed by atoms with E-state index < -0.39 is 44.2 Å². The molecule has 1 aliphatic rings. The second-order valence-electron chi connectivity index (χ2n) is 5.29. The third-order valence-corrected chi connectivity index (χ3v) is 5.22. The molecule has 136 valence electrons. The van der Waals surface area contributed by atoms with Gasteiger partial charge in [-0.25, -0.2) is 8.42 Å². The van der Waals surface area contributed by atoms with Crippen molar-refractivity contribution in [2.24, 2.45) is 11.7 Å². The fraction of sp³-hybridized carbons (Fsp3) is 0.462. The molecule has 1 fully saturated rings. The normalized spacial score (nSPS) is 24.3. The molecule has 6 nitrogen and oxygen atoms in total. The minimum absolute atomic E-state index is 0. The van der Waals surface area contributed by atoms with Crippen LogP contribution in [-0.2, 0) is 14.6 Å². The standard InChI is InChI=1S/C13H15F3N2O4S.ClH/c14-13(15,16)23(21,22)8-3-1-2-7(6-8)18-12(20)9-4-5-10(19)11(9)17;/h1-3,6,9-11,19H,4-5,17H2,(H,18,20);1H/t9-,10?,11?;/m1./s1. The highest BCUT2D eigenvalue weighted by molar-refractivity contribution is 7.92. The van der Waals surface area contributed by atoms with Crippen molar-refractivity contribution in [2.45, 2.75) is 35.4 Å². The Morgan fingerprint density at radius 3 is 2.42 bits per heavy atom. The van der Waals surface area contributed by atoms with Crippen molar-refractivity contribution in [3.8, 4) is 0 Å². The maximum atomic E-state index is 12.5. The first-order valence-corrected chi connectivity index (χ1v) is 8.18. The monoisotopic (exact) mass is 388 g/mol. The van der Waals surface area contributed by atoms with Gasteiger partial charge in [0.05, 0.1) is 16.9 Å². The summed E-state index contributed by atoms with van der Waals surface area (Å²) in [6.45, 7) is 0. The third kappa shape index (κ3) is 4.00. The smallest absolute Gasteiger partial charge is 0.391 e. The van der Waals surface area contributed by atoms with Crippen LogP contribution in [0.15, 0.2) is 29.2 Å². The van der Waals surface area contributed by atoms with Gasteiger partial charge in [-0.2, -0.15) is 13.2 Å². The van der Waals surface area contributed by atoms with Gasteiger partial charge in [0.25, 0.3) is 9.84 Å². The van der Waals surface area contributed by atoms with E-state index in [2.05, 4.69) is 5.32 Å². The van der Waals surface area contributed by atoms with E-state index in [1.165, 1.54) is 6.07 Å². The lowest BCUT2D eigenvalue weighted by Gasteiger charge is -2.17. The second-order valence-corrected chi connectivity index (χ2v) is 7.24. The number of nitrogens with one attached hydrogen (secondary N) is 1. The quantitative estimate of drug-likeness (QED) is 0.725. The number of benzene rings is 1. The van der Waals surface area contributed by atoms with Gasteiger partial charge < -0.3 is 16.2 Å². The topological polar surface area (TPSA) is 109 Å². The molecule has 0 radical (unpaired) electrons. The predicted octanol–water partition coefficient (Wildman–Crippen LogP) is 1.44. The fourth-order valence-electron chi connectivity index (χ4n) is 2.42. The zero-order chi connectivity index (χ0) is 17.4. The van der Waals surface area contributed by atoms with Gasteiger partial charge in [-0.05, 0) is 31.0 Å². The van der Waals surface area contributed by atoms with Crippen molar-refractivity contribution in [3.05, 3.63) is 24.3 Å². The van der Waals surface area contributed by atoms with Gasteiger partial charge in [0.2, 0.25) is 5.91 Å². The number of halogens is 4. The number of carbonyl (C=O) groups excluding carboxylic acids is 1. The van der Waals surface area contributed by atoms with Crippen LogP contribution in [0.5, 0.6) is 0 Å². The van der Waals surface area contributed by atoms with Crippen LogP contribution < -0.4 is 11.1 Å². The lowest BCUT2D eigenvalue weighted by molar-refractivity contribution is -0.120. The van der Waals surface area contributed by atoms with Gasteiger partial charge in [-0.1, -0.05) is 6.07 Å². The Balaban J connectivity index is 0.00000288. The van der Waals surface area contributed by atoms with Crippen LogP contribution in [0.4, 0.5) is 18.9 Å². The van der Waals surface area contributed by atoms with Crippen molar-refractivity contribution in [1.29, 1.82) is 0 Å². The Labute approximate surface area is 142 Å². The van der Waals surface area contributed by atoms with Gasteiger partial charge in [0, 0.05) is 11.7 Å². The summed E-state index contributed by atoms with van der Waals surface area (Å²) in [7, 11) is -5.49. The van der Waals surface area contributed by atoms with Gasteiger partial charge in [-0.3, -0.25) is 4.79 Å². The number of rotatable bonds is 3. The molecule has 0 bridgehead atoms. The summed E-state index contributed by atoms with van der Waals surface area (Å²) in [5, 5.41) is 11.9. The van der Waals surface area contributed by atoms with Gasteiger partial charge in [0.1, 0.15) is 0 Å². The minimum atomic E-state index is -5.49. The number of nitrogens with two attached hydrogens (primary N) is 1. The zero-order valence-corrected chi connectivity index (χ0v) is 13.8. The number of hydrogen-bond donors (Lipinski definition) is 3. The van der Waals surface area contributed by atoms with Gasteiger partial charge in [0.15, 0.2) is 0 Å². The molecule has 3 atom stereocenters. The van der Waals surface area contributed by atoms with E-state index in [1.807, 2.05) is 0 Å². The van der Waals surface area contributed by atoms with Crippen molar-refractivity contribution < 1.29 is 31.5 Å². The first kappa shape index (κ1) is 20.7. The number of anilines is 1. The number of amides is 1. The molecular weight excluding hydrogens is 373 g/mol. The average Bonchev–Trinajstić information content (AvgIpc) is 2.78. The third-order valence-electron chi connectivity index (χ3n) is 3.74. The molecule has 0 spiro atoms. The van der Waals surface area contributed by atoms with Crippen molar-refractivity contribution in [3.63, 3.8) is 0 Å². The number of hydrogen-bond acceptors (Lipinski definition) is 5. The SMILES string of the molecule is Cl.NC1C(O)CC[C@H]1C(=O)Nc1cccc(S(=O)(=O)C(F)(F)F)c1. The van der Waals surface area contributed by atoms with E-state index >= 15 is 0 Å². The summed E-state index contributed by atoms with van der Waals surface area (Å²) in [5.74, 6) is -1.26. The highest BCUT2D eigenvalue weighted by atomic mass is 35.5. The van der Waals surface area contributed by atoms with Crippen molar-refractivity contribution in [2.75, 3.05) is 5.32 Å². The average molecular weight is 389 g/mol. The Morgan fingerprint density at radius 2 is 1.92 bits per heavy atom. The van der Waals surface area contributed by atoms with Gasteiger partial charge in [-0.15, -0.1) is 12.4 Å². The summed E-state index contributed by atoms with van der Waals surface area (Å²) in [4.78, 5) is 11.1. The van der Waals surface area contributed by atoms with E-state index in [1.54, 1.807) is 0 Å². The molecule has 1 saturated carbocycles. The summed E-state index contributed by atoms with van der Waals surface area (Å²) in [6, 6.07) is 3.13. The molecule has 0 aliphatic heterocycles. The van der Waals surface area contributed by atoms with E-state index in [0.29, 0.717) is 12.8 Å². The summed E-state index contributed by atoms with van der Waals surface area (Å²) in [6.07, 6.45) is -0.126. The predicted molar refractivity (Wildman–Crippen MR) is 82.3 cm³/mol. The van der Waals surface area contributed by atoms with Crippen LogP contribution in [0.3, 0.4) is 0 Å². The van der Waals surface area contributed by atoms with Crippen LogP contribution >= 0.6 is 12.4 Å². The van der Waals surface area contributed by atoms with Crippen LogP contribution in [0, 0.1) is 5.92 Å². The van der Waals surface area contributed by atoms with Crippen LogP contribution in [0.1, 0.15) is 12.8 Å². The van der Waals surface area contributed by atoms with Crippen molar-refractivity contribution in [1.82, 2.24) is 0 Å². The molecule has 4 N–H and O–H groups in total. The highest BCUT2D eigenvalue weighted by Crippen LogP contribution is 2.32. The number of sulfone groups is 1. The lowest BCUT2D eigenvalue weighted by atomic mass is 10.0. The van der Waals surface area contributed by atoms with Gasteiger partial charge >= 0.3 is 5.51 Å². The van der Waals surface area contributed by atoms with E-state index in [0.717, 1.165) is 18.2 Å². The molecule has 2 rings (SSSR count). The van der Waals surface area contributed by atoms with Crippen LogP contribution in [0.2, 0.25) is 0 Å². The Hall–Kier alpha value is -1.36.